The van der Waals surface area contributed by atoms with Crippen LogP contribution in [-0.4, -0.2) is 33.4 Å². The van der Waals surface area contributed by atoms with Crippen LogP contribution in [0.15, 0.2) is 24.3 Å². The molecule has 1 unspecified atom stereocenters. The Hall–Kier alpha value is -1.62. The van der Waals surface area contributed by atoms with Gasteiger partial charge in [0, 0.05) is 18.3 Å². The summed E-state index contributed by atoms with van der Waals surface area (Å²) in [4.78, 5) is 25.0. The molecule has 24 heavy (non-hydrogen) atoms. The summed E-state index contributed by atoms with van der Waals surface area (Å²) in [6.07, 6.45) is 6.66. The van der Waals surface area contributed by atoms with E-state index in [1.54, 1.807) is 0 Å². The molecule has 4 aliphatic carbocycles. The van der Waals surface area contributed by atoms with Crippen LogP contribution in [0.25, 0.3) is 0 Å². The van der Waals surface area contributed by atoms with Crippen LogP contribution < -0.4 is 0 Å². The van der Waals surface area contributed by atoms with Gasteiger partial charge in [-0.25, -0.2) is 0 Å². The first kappa shape index (κ1) is 14.7. The van der Waals surface area contributed by atoms with Crippen molar-refractivity contribution in [3.05, 3.63) is 24.3 Å². The van der Waals surface area contributed by atoms with Crippen LogP contribution in [-0.2, 0) is 14.3 Å². The first-order valence-electron chi connectivity index (χ1n) is 8.74. The van der Waals surface area contributed by atoms with E-state index in [1.165, 1.54) is 0 Å². The Labute approximate surface area is 140 Å². The molecule has 3 saturated carbocycles. The van der Waals surface area contributed by atoms with Gasteiger partial charge in [-0.15, -0.1) is 0 Å². The summed E-state index contributed by atoms with van der Waals surface area (Å²) in [5, 5.41) is 21.1. The maximum absolute atomic E-state index is 12.6. The van der Waals surface area contributed by atoms with Gasteiger partial charge in [-0.1, -0.05) is 18.7 Å². The molecular formula is C19H22O5. The minimum atomic E-state index is -0.952. The van der Waals surface area contributed by atoms with Crippen molar-refractivity contribution in [1.29, 1.82) is 0 Å². The zero-order valence-electron chi connectivity index (χ0n) is 13.7. The molecule has 5 aliphatic rings. The monoisotopic (exact) mass is 330 g/mol. The largest absolute Gasteiger partial charge is 0.481 e. The molecule has 7 atom stereocenters. The second kappa shape index (κ2) is 3.79. The fourth-order valence-electron chi connectivity index (χ4n) is 7.23. The lowest BCUT2D eigenvalue weighted by Gasteiger charge is -2.45. The molecule has 5 rings (SSSR count). The normalized spacial score (nSPS) is 56.8. The Morgan fingerprint density at radius 3 is 2.92 bits per heavy atom. The molecule has 1 heterocycles. The van der Waals surface area contributed by atoms with Gasteiger partial charge in [0.2, 0.25) is 0 Å². The lowest BCUT2D eigenvalue weighted by atomic mass is 9.62. The molecule has 0 aromatic carbocycles. The van der Waals surface area contributed by atoms with E-state index in [2.05, 4.69) is 6.58 Å². The summed E-state index contributed by atoms with van der Waals surface area (Å²) in [6, 6.07) is 0. The number of aliphatic hydroxyl groups is 1. The van der Waals surface area contributed by atoms with Gasteiger partial charge < -0.3 is 14.9 Å². The molecule has 1 spiro atoms. The van der Waals surface area contributed by atoms with Gasteiger partial charge in [0.15, 0.2) is 0 Å². The van der Waals surface area contributed by atoms with Gasteiger partial charge in [-0.2, -0.15) is 0 Å². The zero-order valence-corrected chi connectivity index (χ0v) is 13.7. The molecule has 0 radical (unpaired) electrons. The molecule has 5 nitrogen and oxygen atoms in total. The summed E-state index contributed by atoms with van der Waals surface area (Å²) >= 11 is 0. The lowest BCUT2D eigenvalue weighted by molar-refractivity contribution is -0.162. The van der Waals surface area contributed by atoms with Crippen molar-refractivity contribution in [3.63, 3.8) is 0 Å². The van der Waals surface area contributed by atoms with E-state index in [-0.39, 0.29) is 17.8 Å². The van der Waals surface area contributed by atoms with Gasteiger partial charge in [0.25, 0.3) is 0 Å². The summed E-state index contributed by atoms with van der Waals surface area (Å²) in [6.45, 7) is 5.88. The van der Waals surface area contributed by atoms with Crippen LogP contribution in [0.4, 0.5) is 0 Å². The summed E-state index contributed by atoms with van der Waals surface area (Å²) in [5.41, 5.74) is -2.35. The molecule has 128 valence electrons. The highest BCUT2D eigenvalue weighted by molar-refractivity contribution is 5.86. The Kier molecular flexibility index (Phi) is 2.32. The third kappa shape index (κ3) is 1.25. The average Bonchev–Trinajstić information content (AvgIpc) is 2.88. The van der Waals surface area contributed by atoms with Crippen LogP contribution in [0, 0.1) is 28.6 Å². The minimum absolute atomic E-state index is 0.0219. The van der Waals surface area contributed by atoms with Crippen LogP contribution in [0.5, 0.6) is 0 Å². The van der Waals surface area contributed by atoms with Gasteiger partial charge in [0.1, 0.15) is 5.60 Å². The minimum Gasteiger partial charge on any atom is -0.481 e. The number of esters is 1. The second-order valence-corrected chi connectivity index (χ2v) is 8.84. The number of fused-ring (bicyclic) bond motifs is 1. The van der Waals surface area contributed by atoms with E-state index in [0.29, 0.717) is 32.1 Å². The predicted octanol–water partition coefficient (Wildman–Crippen LogP) is 2.06. The second-order valence-electron chi connectivity index (χ2n) is 8.84. The van der Waals surface area contributed by atoms with E-state index in [9.17, 15) is 19.8 Å². The molecule has 5 heteroatoms. The molecule has 0 aromatic rings. The third-order valence-corrected chi connectivity index (χ3v) is 7.97. The highest BCUT2D eigenvalue weighted by Gasteiger charge is 2.82. The van der Waals surface area contributed by atoms with E-state index >= 15 is 0 Å². The van der Waals surface area contributed by atoms with Crippen molar-refractivity contribution < 1.29 is 24.5 Å². The highest BCUT2D eigenvalue weighted by Crippen LogP contribution is 2.77. The summed E-state index contributed by atoms with van der Waals surface area (Å²) in [7, 11) is 0. The van der Waals surface area contributed by atoms with Gasteiger partial charge >= 0.3 is 11.9 Å². The Morgan fingerprint density at radius 1 is 1.46 bits per heavy atom. The molecule has 4 bridgehead atoms. The highest BCUT2D eigenvalue weighted by atomic mass is 16.6. The molecule has 2 N–H and O–H groups in total. The number of carbonyl (C=O) groups excluding carboxylic acids is 1. The number of ether oxygens (including phenoxy) is 1. The standard InChI is InChI=1S/C19H22O5/c1-10-8-17-9-18(10,23)7-4-11(17)19-6-3-5-16(2,15(22)24-19)13(19)12(17)14(20)21/h3,5,11-13,23H,1,4,6-9H2,2H3,(H,20,21)/t11-,12-,13-,16?,17-,18-,19+/m1/s1. The first-order valence-corrected chi connectivity index (χ1v) is 8.74. The average molecular weight is 330 g/mol. The van der Waals surface area contributed by atoms with Crippen molar-refractivity contribution in [1.82, 2.24) is 0 Å². The van der Waals surface area contributed by atoms with Crippen molar-refractivity contribution in [2.45, 2.75) is 50.2 Å². The van der Waals surface area contributed by atoms with Crippen molar-refractivity contribution in [2.75, 3.05) is 0 Å². The quantitative estimate of drug-likeness (QED) is 0.568. The van der Waals surface area contributed by atoms with Crippen molar-refractivity contribution >= 4 is 11.9 Å². The molecule has 1 saturated heterocycles. The lowest BCUT2D eigenvalue weighted by Crippen LogP contribution is -2.47. The Morgan fingerprint density at radius 2 is 2.21 bits per heavy atom. The maximum atomic E-state index is 12.6. The zero-order chi connectivity index (χ0) is 17.1. The van der Waals surface area contributed by atoms with Crippen LogP contribution in [0.1, 0.15) is 39.0 Å². The van der Waals surface area contributed by atoms with Crippen LogP contribution >= 0.6 is 0 Å². The molecule has 1 aliphatic heterocycles. The number of hydrogen-bond acceptors (Lipinski definition) is 4. The van der Waals surface area contributed by atoms with Gasteiger partial charge in [-0.3, -0.25) is 9.59 Å². The smallest absolute Gasteiger partial charge is 0.316 e. The topological polar surface area (TPSA) is 83.8 Å². The SMILES string of the molecule is C=C1C[C@@]23C[C@]1(O)CC[C@H]2[C@]12CC=CC(C)(C(=O)O1)[C@H]2[C@@H]3C(=O)O. The number of rotatable bonds is 1. The summed E-state index contributed by atoms with van der Waals surface area (Å²) < 4.78 is 5.99. The van der Waals surface area contributed by atoms with Crippen LogP contribution in [0.3, 0.4) is 0 Å². The van der Waals surface area contributed by atoms with Gasteiger partial charge in [0.05, 0.1) is 16.9 Å². The van der Waals surface area contributed by atoms with Crippen LogP contribution in [0.2, 0.25) is 0 Å². The summed E-state index contributed by atoms with van der Waals surface area (Å²) in [5.74, 6) is -2.23. The van der Waals surface area contributed by atoms with E-state index in [0.717, 1.165) is 5.57 Å². The molecule has 0 aromatic heterocycles. The van der Waals surface area contributed by atoms with Crippen molar-refractivity contribution in [3.8, 4) is 0 Å². The molecule has 0 amide bonds. The fraction of sp³-hybridized carbons (Fsp3) is 0.684. The third-order valence-electron chi connectivity index (χ3n) is 7.97. The number of hydrogen-bond donors (Lipinski definition) is 2. The molecule has 4 fully saturated rings. The van der Waals surface area contributed by atoms with Gasteiger partial charge in [-0.05, 0) is 43.6 Å². The van der Waals surface area contributed by atoms with E-state index in [4.69, 9.17) is 4.74 Å². The first-order chi connectivity index (χ1) is 11.2. The Bertz CT molecular complexity index is 740. The molecular weight excluding hydrogens is 308 g/mol. The predicted molar refractivity (Wildman–Crippen MR) is 83.8 cm³/mol. The van der Waals surface area contributed by atoms with Crippen molar-refractivity contribution in [2.24, 2.45) is 28.6 Å². The van der Waals surface area contributed by atoms with E-state index < -0.39 is 33.9 Å². The van der Waals surface area contributed by atoms with E-state index in [1.807, 2.05) is 19.1 Å². The number of carboxylic acid groups (broad SMARTS) is 1. The number of carboxylic acids is 1. The number of aliphatic carboxylic acids is 1. The maximum Gasteiger partial charge on any atom is 0.316 e. The Balaban J connectivity index is 1.77. The number of carbonyl (C=O) groups is 2. The fourth-order valence-corrected chi connectivity index (χ4v) is 7.23.